The molecule has 13 heteroatoms. The number of aliphatic carboxylic acids is 1. The number of carboxylic acid groups (broad SMARTS) is 1. The summed E-state index contributed by atoms with van der Waals surface area (Å²) in [5.41, 5.74) is 15.7. The van der Waals surface area contributed by atoms with Crippen molar-refractivity contribution in [3.05, 3.63) is 0 Å². The molecule has 4 amide bonds. The maximum absolute atomic E-state index is 12.6. The van der Waals surface area contributed by atoms with E-state index in [0.717, 1.165) is 0 Å². The van der Waals surface area contributed by atoms with Crippen molar-refractivity contribution in [1.82, 2.24) is 16.0 Å². The first-order valence-corrected chi connectivity index (χ1v) is 9.71. The molecule has 12 nitrogen and oxygen atoms in total. The molecule has 29 heavy (non-hydrogen) atoms. The monoisotopic (exact) mass is 434 g/mol. The number of unbranched alkanes of at least 4 members (excludes halogenated alkanes) is 1. The number of rotatable bonds is 15. The number of primary amides is 1. The zero-order chi connectivity index (χ0) is 22.4. The first-order valence-electron chi connectivity index (χ1n) is 9.08. The first kappa shape index (κ1) is 26.6. The van der Waals surface area contributed by atoms with Crippen molar-refractivity contribution >= 4 is 42.2 Å². The van der Waals surface area contributed by atoms with E-state index in [0.29, 0.717) is 19.4 Å². The van der Waals surface area contributed by atoms with E-state index in [1.54, 1.807) is 0 Å². The molecular formula is C16H30N6O6S. The third-order valence-electron chi connectivity index (χ3n) is 3.89. The zero-order valence-electron chi connectivity index (χ0n) is 16.1. The largest absolute Gasteiger partial charge is 0.480 e. The van der Waals surface area contributed by atoms with Gasteiger partial charge in [-0.25, -0.2) is 4.79 Å². The number of thiol groups is 1. The summed E-state index contributed by atoms with van der Waals surface area (Å²) in [6, 6.07) is -3.44. The SMILES string of the molecule is NCCCCC(NC(=O)C(CS)NC(=O)CN)C(=O)NC(CCC(N)=O)C(=O)O. The summed E-state index contributed by atoms with van der Waals surface area (Å²) < 4.78 is 0. The van der Waals surface area contributed by atoms with Crippen LogP contribution in [-0.4, -0.2) is 71.7 Å². The Morgan fingerprint density at radius 2 is 1.45 bits per heavy atom. The van der Waals surface area contributed by atoms with Gasteiger partial charge in [-0.3, -0.25) is 19.2 Å². The Morgan fingerprint density at radius 1 is 0.862 bits per heavy atom. The Balaban J connectivity index is 5.18. The minimum Gasteiger partial charge on any atom is -0.480 e. The standard InChI is InChI=1S/C16H30N6O6S/c17-6-2-1-3-9(21-15(26)11(8-29)20-13(24)7-18)14(25)22-10(16(27)28)4-5-12(19)23/h9-11,29H,1-8,17-18H2,(H2,19,23)(H,20,24)(H,21,26)(H,22,25)(H,27,28). The Hall–Kier alpha value is -2.38. The molecule has 0 aromatic rings. The number of amides is 4. The van der Waals surface area contributed by atoms with E-state index in [1.807, 2.05) is 0 Å². The summed E-state index contributed by atoms with van der Waals surface area (Å²) in [4.78, 5) is 58.6. The first-order chi connectivity index (χ1) is 13.7. The molecule has 0 aromatic heterocycles. The molecule has 0 heterocycles. The van der Waals surface area contributed by atoms with Gasteiger partial charge in [-0.15, -0.1) is 0 Å². The molecule has 166 valence electrons. The molecule has 0 aliphatic rings. The minimum absolute atomic E-state index is 0.0366. The molecule has 0 spiro atoms. The van der Waals surface area contributed by atoms with Crippen molar-refractivity contribution in [3.8, 4) is 0 Å². The quantitative estimate of drug-likeness (QED) is 0.0966. The molecule has 0 saturated carbocycles. The third-order valence-corrected chi connectivity index (χ3v) is 4.26. The summed E-state index contributed by atoms with van der Waals surface area (Å²) in [5.74, 6) is -4.05. The topological polar surface area (TPSA) is 220 Å². The van der Waals surface area contributed by atoms with Gasteiger partial charge in [-0.1, -0.05) is 0 Å². The maximum atomic E-state index is 12.6. The second kappa shape index (κ2) is 14.6. The number of hydrogen-bond donors (Lipinski definition) is 8. The third kappa shape index (κ3) is 11.3. The van der Waals surface area contributed by atoms with E-state index in [4.69, 9.17) is 17.2 Å². The van der Waals surface area contributed by atoms with Crippen LogP contribution in [0.15, 0.2) is 0 Å². The van der Waals surface area contributed by atoms with Crippen LogP contribution in [0.1, 0.15) is 32.1 Å². The summed E-state index contributed by atoms with van der Waals surface area (Å²) in [7, 11) is 0. The fourth-order valence-corrected chi connectivity index (χ4v) is 2.55. The summed E-state index contributed by atoms with van der Waals surface area (Å²) in [5, 5.41) is 16.4. The molecule has 3 atom stereocenters. The van der Waals surface area contributed by atoms with Crippen molar-refractivity contribution in [2.75, 3.05) is 18.8 Å². The fraction of sp³-hybridized carbons (Fsp3) is 0.688. The van der Waals surface area contributed by atoms with Gasteiger partial charge < -0.3 is 38.3 Å². The van der Waals surface area contributed by atoms with Crippen LogP contribution < -0.4 is 33.2 Å². The normalized spacial score (nSPS) is 13.6. The van der Waals surface area contributed by atoms with Crippen LogP contribution in [0.3, 0.4) is 0 Å². The van der Waals surface area contributed by atoms with Gasteiger partial charge in [0.2, 0.25) is 23.6 Å². The number of nitrogens with one attached hydrogen (secondary N) is 3. The Kier molecular flexibility index (Phi) is 13.4. The molecule has 3 unspecified atom stereocenters. The molecule has 0 rings (SSSR count). The van der Waals surface area contributed by atoms with Gasteiger partial charge in [0.1, 0.15) is 18.1 Å². The van der Waals surface area contributed by atoms with Crippen LogP contribution in [0.5, 0.6) is 0 Å². The van der Waals surface area contributed by atoms with Crippen LogP contribution in [-0.2, 0) is 24.0 Å². The van der Waals surface area contributed by atoms with Gasteiger partial charge in [-0.05, 0) is 32.2 Å². The molecular weight excluding hydrogens is 404 g/mol. The molecule has 0 aliphatic carbocycles. The van der Waals surface area contributed by atoms with E-state index in [2.05, 4.69) is 28.6 Å². The Morgan fingerprint density at radius 3 is 1.93 bits per heavy atom. The lowest BCUT2D eigenvalue weighted by Crippen LogP contribution is -2.56. The van der Waals surface area contributed by atoms with Gasteiger partial charge in [0.05, 0.1) is 6.54 Å². The number of carboxylic acids is 1. The number of nitrogens with two attached hydrogens (primary N) is 3. The van der Waals surface area contributed by atoms with Crippen LogP contribution in [0.4, 0.5) is 0 Å². The van der Waals surface area contributed by atoms with Crippen LogP contribution in [0.25, 0.3) is 0 Å². The van der Waals surface area contributed by atoms with Crippen molar-refractivity contribution < 1.29 is 29.1 Å². The van der Waals surface area contributed by atoms with Crippen molar-refractivity contribution in [2.24, 2.45) is 17.2 Å². The molecule has 0 radical (unpaired) electrons. The minimum atomic E-state index is -1.35. The van der Waals surface area contributed by atoms with E-state index < -0.39 is 47.7 Å². The predicted molar refractivity (Wildman–Crippen MR) is 108 cm³/mol. The summed E-state index contributed by atoms with van der Waals surface area (Å²) in [6.45, 7) is 0.0581. The fourth-order valence-electron chi connectivity index (χ4n) is 2.30. The molecule has 0 bridgehead atoms. The highest BCUT2D eigenvalue weighted by molar-refractivity contribution is 7.80. The highest BCUT2D eigenvalue weighted by Crippen LogP contribution is 2.05. The number of hydrogen-bond acceptors (Lipinski definition) is 8. The van der Waals surface area contributed by atoms with E-state index >= 15 is 0 Å². The number of carbonyl (C=O) groups excluding carboxylic acids is 4. The molecule has 0 fully saturated rings. The lowest BCUT2D eigenvalue weighted by Gasteiger charge is -2.24. The van der Waals surface area contributed by atoms with E-state index in [9.17, 15) is 29.1 Å². The summed E-state index contributed by atoms with van der Waals surface area (Å²) in [6.07, 6.45) is 0.860. The van der Waals surface area contributed by atoms with Gasteiger partial charge >= 0.3 is 5.97 Å². The Bertz CT molecular complexity index is 590. The second-order valence-corrected chi connectivity index (χ2v) is 6.62. The van der Waals surface area contributed by atoms with Gasteiger partial charge in [0.25, 0.3) is 0 Å². The molecule has 0 aliphatic heterocycles. The van der Waals surface area contributed by atoms with Crippen molar-refractivity contribution in [2.45, 2.75) is 50.2 Å². The second-order valence-electron chi connectivity index (χ2n) is 6.26. The predicted octanol–water partition coefficient (Wildman–Crippen LogP) is -3.19. The highest BCUT2D eigenvalue weighted by atomic mass is 32.1. The highest BCUT2D eigenvalue weighted by Gasteiger charge is 2.28. The van der Waals surface area contributed by atoms with Crippen LogP contribution in [0, 0.1) is 0 Å². The van der Waals surface area contributed by atoms with Crippen molar-refractivity contribution in [1.29, 1.82) is 0 Å². The van der Waals surface area contributed by atoms with Crippen LogP contribution >= 0.6 is 12.6 Å². The lowest BCUT2D eigenvalue weighted by atomic mass is 10.1. The smallest absolute Gasteiger partial charge is 0.326 e. The van der Waals surface area contributed by atoms with E-state index in [1.165, 1.54) is 0 Å². The Labute approximate surface area is 174 Å². The average Bonchev–Trinajstić information content (AvgIpc) is 2.67. The van der Waals surface area contributed by atoms with Gasteiger partial charge in [0.15, 0.2) is 0 Å². The maximum Gasteiger partial charge on any atom is 0.326 e. The van der Waals surface area contributed by atoms with E-state index in [-0.39, 0.29) is 31.6 Å². The van der Waals surface area contributed by atoms with Crippen molar-refractivity contribution in [3.63, 3.8) is 0 Å². The number of carbonyl (C=O) groups is 5. The van der Waals surface area contributed by atoms with Gasteiger partial charge in [-0.2, -0.15) is 12.6 Å². The van der Waals surface area contributed by atoms with Gasteiger partial charge in [0, 0.05) is 12.2 Å². The molecule has 0 saturated heterocycles. The molecule has 10 N–H and O–H groups in total. The zero-order valence-corrected chi connectivity index (χ0v) is 17.0. The summed E-state index contributed by atoms with van der Waals surface area (Å²) >= 11 is 4.00. The molecule has 0 aromatic carbocycles. The van der Waals surface area contributed by atoms with Crippen LogP contribution in [0.2, 0.25) is 0 Å². The average molecular weight is 435 g/mol. The lowest BCUT2D eigenvalue weighted by molar-refractivity contribution is -0.142.